The Kier molecular flexibility index (Phi) is 6.48. The highest BCUT2D eigenvalue weighted by Crippen LogP contribution is 2.39. The van der Waals surface area contributed by atoms with Gasteiger partial charge in [0.2, 0.25) is 0 Å². The molecule has 1 heterocycles. The SMILES string of the molecule is CCn1c(S[C@H](C(=O)c2ccccc2)c2ccccc2)nnc1-c1ccccc1OC. The lowest BCUT2D eigenvalue weighted by Gasteiger charge is -2.17. The van der Waals surface area contributed by atoms with Gasteiger partial charge >= 0.3 is 0 Å². The number of ether oxygens (including phenoxy) is 1. The van der Waals surface area contributed by atoms with Crippen molar-refractivity contribution in [1.82, 2.24) is 14.8 Å². The van der Waals surface area contributed by atoms with Crippen molar-refractivity contribution in [2.75, 3.05) is 7.11 Å². The molecule has 0 saturated carbocycles. The summed E-state index contributed by atoms with van der Waals surface area (Å²) >= 11 is 1.42. The maximum Gasteiger partial charge on any atom is 0.192 e. The Balaban J connectivity index is 1.74. The number of benzene rings is 3. The van der Waals surface area contributed by atoms with Crippen LogP contribution >= 0.6 is 11.8 Å². The molecule has 4 rings (SSSR count). The van der Waals surface area contributed by atoms with E-state index in [0.29, 0.717) is 17.3 Å². The molecule has 0 spiro atoms. The standard InChI is InChI=1S/C25H23N3O2S/c1-3-28-24(20-16-10-11-17-21(20)30-2)26-27-25(28)31-23(19-14-8-5-9-15-19)22(29)18-12-6-4-7-13-18/h4-17,23H,3H2,1-2H3/t23-/m0/s1. The highest BCUT2D eigenvalue weighted by molar-refractivity contribution is 8.00. The summed E-state index contributed by atoms with van der Waals surface area (Å²) in [6.45, 7) is 2.71. The molecule has 5 nitrogen and oxygen atoms in total. The number of hydrogen-bond acceptors (Lipinski definition) is 5. The molecule has 0 aliphatic rings. The van der Waals surface area contributed by atoms with Gasteiger partial charge in [-0.05, 0) is 24.6 Å². The molecule has 0 unspecified atom stereocenters. The number of ketones is 1. The molecule has 0 fully saturated rings. The van der Waals surface area contributed by atoms with Crippen molar-refractivity contribution in [3.8, 4) is 17.1 Å². The molecule has 6 heteroatoms. The Hall–Kier alpha value is -3.38. The molecule has 0 amide bonds. The first-order chi connectivity index (χ1) is 15.2. The van der Waals surface area contributed by atoms with Crippen LogP contribution in [0.5, 0.6) is 5.75 Å². The van der Waals surface area contributed by atoms with Crippen LogP contribution in [0.25, 0.3) is 11.4 Å². The number of methoxy groups -OCH3 is 1. The molecule has 31 heavy (non-hydrogen) atoms. The smallest absolute Gasteiger partial charge is 0.192 e. The van der Waals surface area contributed by atoms with Crippen molar-refractivity contribution < 1.29 is 9.53 Å². The molecule has 0 bridgehead atoms. The van der Waals surface area contributed by atoms with Crippen LogP contribution in [-0.2, 0) is 6.54 Å². The summed E-state index contributed by atoms with van der Waals surface area (Å²) in [5.74, 6) is 1.50. The lowest BCUT2D eigenvalue weighted by molar-refractivity contribution is 0.0989. The largest absolute Gasteiger partial charge is 0.496 e. The van der Waals surface area contributed by atoms with Crippen LogP contribution in [0.4, 0.5) is 0 Å². The van der Waals surface area contributed by atoms with E-state index < -0.39 is 5.25 Å². The lowest BCUT2D eigenvalue weighted by atomic mass is 10.0. The molecular weight excluding hydrogens is 406 g/mol. The van der Waals surface area contributed by atoms with Crippen LogP contribution in [0.1, 0.15) is 28.1 Å². The number of thioether (sulfide) groups is 1. The molecular formula is C25H23N3O2S. The molecule has 3 aromatic carbocycles. The Morgan fingerprint density at radius 3 is 2.26 bits per heavy atom. The van der Waals surface area contributed by atoms with Crippen molar-refractivity contribution in [3.63, 3.8) is 0 Å². The number of carbonyl (C=O) groups excluding carboxylic acids is 1. The van der Waals surface area contributed by atoms with E-state index in [0.717, 1.165) is 22.7 Å². The van der Waals surface area contributed by atoms with Gasteiger partial charge in [0.15, 0.2) is 16.8 Å². The molecule has 0 aliphatic heterocycles. The fourth-order valence-electron chi connectivity index (χ4n) is 3.45. The number of rotatable bonds is 8. The van der Waals surface area contributed by atoms with Gasteiger partial charge in [-0.2, -0.15) is 0 Å². The molecule has 1 aromatic heterocycles. The van der Waals surface area contributed by atoms with Crippen molar-refractivity contribution in [3.05, 3.63) is 96.1 Å². The lowest BCUT2D eigenvalue weighted by Crippen LogP contribution is -2.11. The Morgan fingerprint density at radius 1 is 0.935 bits per heavy atom. The third-order valence-electron chi connectivity index (χ3n) is 5.00. The maximum atomic E-state index is 13.4. The van der Waals surface area contributed by atoms with Crippen LogP contribution in [0, 0.1) is 0 Å². The highest BCUT2D eigenvalue weighted by Gasteiger charge is 2.27. The van der Waals surface area contributed by atoms with Crippen LogP contribution < -0.4 is 4.74 Å². The summed E-state index contributed by atoms with van der Waals surface area (Å²) in [5, 5.41) is 9.16. The minimum Gasteiger partial charge on any atom is -0.496 e. The summed E-state index contributed by atoms with van der Waals surface area (Å²) < 4.78 is 7.54. The van der Waals surface area contributed by atoms with Gasteiger partial charge in [0.25, 0.3) is 0 Å². The number of aromatic nitrogens is 3. The average molecular weight is 430 g/mol. The monoisotopic (exact) mass is 429 g/mol. The van der Waals surface area contributed by atoms with E-state index in [9.17, 15) is 4.79 Å². The summed E-state index contributed by atoms with van der Waals surface area (Å²) in [4.78, 5) is 13.4. The average Bonchev–Trinajstić information content (AvgIpc) is 3.25. The van der Waals surface area contributed by atoms with Crippen molar-refractivity contribution in [2.45, 2.75) is 23.9 Å². The molecule has 1 atom stereocenters. The van der Waals surface area contributed by atoms with E-state index >= 15 is 0 Å². The number of para-hydroxylation sites is 1. The van der Waals surface area contributed by atoms with Gasteiger partial charge in [0, 0.05) is 12.1 Å². The number of hydrogen-bond donors (Lipinski definition) is 0. The topological polar surface area (TPSA) is 57.0 Å². The summed E-state index contributed by atoms with van der Waals surface area (Å²) in [5.41, 5.74) is 2.49. The van der Waals surface area contributed by atoms with Crippen molar-refractivity contribution in [2.24, 2.45) is 0 Å². The predicted molar refractivity (Wildman–Crippen MR) is 123 cm³/mol. The predicted octanol–water partition coefficient (Wildman–Crippen LogP) is 5.69. The first-order valence-electron chi connectivity index (χ1n) is 10.1. The normalized spacial score (nSPS) is 11.8. The van der Waals surface area contributed by atoms with E-state index in [4.69, 9.17) is 4.74 Å². The van der Waals surface area contributed by atoms with Gasteiger partial charge in [-0.25, -0.2) is 0 Å². The zero-order valence-corrected chi connectivity index (χ0v) is 18.3. The number of carbonyl (C=O) groups is 1. The van der Waals surface area contributed by atoms with E-state index in [1.807, 2.05) is 96.4 Å². The van der Waals surface area contributed by atoms with Crippen LogP contribution in [0.15, 0.2) is 90.1 Å². The van der Waals surface area contributed by atoms with Gasteiger partial charge in [-0.15, -0.1) is 10.2 Å². The maximum absolute atomic E-state index is 13.4. The van der Waals surface area contributed by atoms with Crippen LogP contribution in [0.3, 0.4) is 0 Å². The second-order valence-electron chi connectivity index (χ2n) is 6.89. The Morgan fingerprint density at radius 2 is 1.58 bits per heavy atom. The van der Waals surface area contributed by atoms with Crippen molar-refractivity contribution >= 4 is 17.5 Å². The fourth-order valence-corrected chi connectivity index (χ4v) is 4.63. The zero-order valence-electron chi connectivity index (χ0n) is 17.4. The molecule has 156 valence electrons. The Bertz CT molecular complexity index is 1160. The molecule has 0 N–H and O–H groups in total. The summed E-state index contributed by atoms with van der Waals surface area (Å²) in [6.07, 6.45) is 0. The molecule has 0 radical (unpaired) electrons. The quantitative estimate of drug-likeness (QED) is 0.266. The minimum atomic E-state index is -0.427. The molecule has 0 saturated heterocycles. The fraction of sp³-hybridized carbons (Fsp3) is 0.160. The first-order valence-corrected chi connectivity index (χ1v) is 11.0. The van der Waals surface area contributed by atoms with E-state index in [2.05, 4.69) is 10.2 Å². The number of Topliss-reactive ketones (excluding diaryl/α,β-unsaturated/α-hetero) is 1. The van der Waals surface area contributed by atoms with Gasteiger partial charge in [0.1, 0.15) is 11.0 Å². The van der Waals surface area contributed by atoms with E-state index in [-0.39, 0.29) is 5.78 Å². The number of nitrogens with zero attached hydrogens (tertiary/aromatic N) is 3. The third kappa shape index (κ3) is 4.39. The van der Waals surface area contributed by atoms with Crippen LogP contribution in [0.2, 0.25) is 0 Å². The van der Waals surface area contributed by atoms with Crippen LogP contribution in [-0.4, -0.2) is 27.7 Å². The van der Waals surface area contributed by atoms with E-state index in [1.54, 1.807) is 7.11 Å². The second-order valence-corrected chi connectivity index (χ2v) is 7.96. The summed E-state index contributed by atoms with van der Waals surface area (Å²) in [7, 11) is 1.64. The van der Waals surface area contributed by atoms with Gasteiger partial charge in [0.05, 0.1) is 12.7 Å². The zero-order chi connectivity index (χ0) is 21.6. The third-order valence-corrected chi connectivity index (χ3v) is 6.24. The Labute approximate surface area is 186 Å². The van der Waals surface area contributed by atoms with Gasteiger partial charge in [-0.1, -0.05) is 84.6 Å². The second kappa shape index (κ2) is 9.62. The molecule has 4 aromatic rings. The minimum absolute atomic E-state index is 0.0429. The molecule has 0 aliphatic carbocycles. The summed E-state index contributed by atoms with van der Waals surface area (Å²) in [6, 6.07) is 26.9. The van der Waals surface area contributed by atoms with E-state index in [1.165, 1.54) is 11.8 Å². The highest BCUT2D eigenvalue weighted by atomic mass is 32.2. The van der Waals surface area contributed by atoms with Gasteiger partial charge < -0.3 is 9.30 Å². The first kappa shape index (κ1) is 20.9. The van der Waals surface area contributed by atoms with Crippen molar-refractivity contribution in [1.29, 1.82) is 0 Å². The van der Waals surface area contributed by atoms with Gasteiger partial charge in [-0.3, -0.25) is 4.79 Å².